The molecule has 3 aliphatic rings. The molecule has 2 saturated carbocycles. The van der Waals surface area contributed by atoms with Crippen molar-refractivity contribution in [2.24, 2.45) is 34.0 Å². The van der Waals surface area contributed by atoms with Gasteiger partial charge < -0.3 is 9.16 Å². The molecule has 4 rings (SSSR count). The van der Waals surface area contributed by atoms with Gasteiger partial charge in [-0.1, -0.05) is 61.7 Å². The van der Waals surface area contributed by atoms with Crippen molar-refractivity contribution in [3.8, 4) is 5.75 Å². The summed E-state index contributed by atoms with van der Waals surface area (Å²) in [7, 11) is 0.685. The minimum absolute atomic E-state index is 0.168. The van der Waals surface area contributed by atoms with Gasteiger partial charge in [-0.3, -0.25) is 0 Å². The van der Waals surface area contributed by atoms with Crippen molar-refractivity contribution in [3.63, 3.8) is 0 Å². The van der Waals surface area contributed by atoms with E-state index in [0.717, 1.165) is 24.1 Å². The molecule has 0 unspecified atom stereocenters. The lowest BCUT2D eigenvalue weighted by Gasteiger charge is -2.63. The van der Waals surface area contributed by atoms with Crippen molar-refractivity contribution in [3.05, 3.63) is 42.0 Å². The highest BCUT2D eigenvalue weighted by atomic mass is 79.9. The van der Waals surface area contributed by atoms with Crippen molar-refractivity contribution in [1.82, 2.24) is 0 Å². The molecule has 36 heavy (non-hydrogen) atoms. The number of alkyl halides is 1. The van der Waals surface area contributed by atoms with Gasteiger partial charge in [0.15, 0.2) is 9.04 Å². The van der Waals surface area contributed by atoms with Gasteiger partial charge in [0.2, 0.25) is 0 Å². The molecular weight excluding hydrogens is 524 g/mol. The van der Waals surface area contributed by atoms with Gasteiger partial charge in [-0.05, 0) is 121 Å². The Kier molecular flexibility index (Phi) is 8.89. The predicted octanol–water partition coefficient (Wildman–Crippen LogP) is 8.93. The van der Waals surface area contributed by atoms with E-state index in [1.165, 1.54) is 56.9 Å². The molecule has 0 heterocycles. The average molecular weight is 576 g/mol. The number of methoxy groups -OCH3 is 1. The van der Waals surface area contributed by atoms with Crippen molar-refractivity contribution in [2.75, 3.05) is 19.0 Å². The third kappa shape index (κ3) is 5.05. The van der Waals surface area contributed by atoms with E-state index in [1.807, 2.05) is 0 Å². The highest BCUT2D eigenvalue weighted by Crippen LogP contribution is 2.73. The molecule has 0 spiro atoms. The largest absolute Gasteiger partial charge is 0.497 e. The second-order valence-electron chi connectivity index (χ2n) is 13.5. The number of halogens is 1. The lowest BCUT2D eigenvalue weighted by atomic mass is 9.42. The standard InChI is InChI=1S/C32H51BrO2Si/c1-8-31-18-17-23-20-25(34-5)13-14-26(23)29(31)24(12-10-9-11-19-33)21-32(22-35-36(6)7)27(30(2,3)4)15-16-28(31)32/h8,13-14,20,24,27-29,36H,1,9-12,15-19,21-22H2,2-7H3/t24-,27+,28-,29+,31-,32-/m0/s1. The summed E-state index contributed by atoms with van der Waals surface area (Å²) in [5, 5.41) is 1.12. The Morgan fingerprint density at radius 1 is 1.17 bits per heavy atom. The molecule has 2 fully saturated rings. The number of aryl methyl sites for hydroxylation is 1. The zero-order chi connectivity index (χ0) is 26.1. The highest BCUT2D eigenvalue weighted by Gasteiger charge is 2.66. The fourth-order valence-corrected chi connectivity index (χ4v) is 10.2. The van der Waals surface area contributed by atoms with Crippen LogP contribution >= 0.6 is 15.9 Å². The molecule has 0 amide bonds. The van der Waals surface area contributed by atoms with Crippen LogP contribution < -0.4 is 4.74 Å². The molecule has 0 radical (unpaired) electrons. The van der Waals surface area contributed by atoms with Crippen LogP contribution in [0.25, 0.3) is 0 Å². The summed E-state index contributed by atoms with van der Waals surface area (Å²) in [5.41, 5.74) is 3.85. The van der Waals surface area contributed by atoms with E-state index in [0.29, 0.717) is 29.1 Å². The van der Waals surface area contributed by atoms with Gasteiger partial charge >= 0.3 is 0 Å². The van der Waals surface area contributed by atoms with Crippen LogP contribution in [0.3, 0.4) is 0 Å². The van der Waals surface area contributed by atoms with Crippen LogP contribution in [0, 0.1) is 34.0 Å². The maximum absolute atomic E-state index is 6.75. The number of benzene rings is 1. The smallest absolute Gasteiger partial charge is 0.170 e. The maximum Gasteiger partial charge on any atom is 0.170 e. The summed E-state index contributed by atoms with van der Waals surface area (Å²) in [6.07, 6.45) is 14.0. The monoisotopic (exact) mass is 574 g/mol. The summed E-state index contributed by atoms with van der Waals surface area (Å²) in [4.78, 5) is 0. The van der Waals surface area contributed by atoms with Crippen molar-refractivity contribution in [2.45, 2.75) is 97.6 Å². The van der Waals surface area contributed by atoms with Gasteiger partial charge in [0.25, 0.3) is 0 Å². The summed E-state index contributed by atoms with van der Waals surface area (Å²) in [6, 6.07) is 6.95. The van der Waals surface area contributed by atoms with Crippen LogP contribution in [-0.4, -0.2) is 28.1 Å². The van der Waals surface area contributed by atoms with Crippen LogP contribution in [0.4, 0.5) is 0 Å². The summed E-state index contributed by atoms with van der Waals surface area (Å²) < 4.78 is 12.4. The zero-order valence-electron chi connectivity index (χ0n) is 23.9. The molecule has 1 aromatic rings. The second-order valence-corrected chi connectivity index (χ2v) is 16.7. The van der Waals surface area contributed by atoms with Crippen LogP contribution in [0.15, 0.2) is 30.9 Å². The molecular formula is C32H51BrO2Si. The minimum Gasteiger partial charge on any atom is -0.497 e. The Balaban J connectivity index is 1.83. The summed E-state index contributed by atoms with van der Waals surface area (Å²) in [6.45, 7) is 17.8. The molecule has 0 aliphatic heterocycles. The first-order valence-electron chi connectivity index (χ1n) is 14.6. The molecule has 4 heteroatoms. The first kappa shape index (κ1) is 28.4. The quantitative estimate of drug-likeness (QED) is 0.120. The lowest BCUT2D eigenvalue weighted by molar-refractivity contribution is -0.108. The van der Waals surface area contributed by atoms with E-state index in [9.17, 15) is 0 Å². The van der Waals surface area contributed by atoms with Gasteiger partial charge in [-0.25, -0.2) is 0 Å². The Bertz CT molecular complexity index is 908. The number of hydrogen-bond acceptors (Lipinski definition) is 2. The second kappa shape index (κ2) is 11.3. The van der Waals surface area contributed by atoms with E-state index < -0.39 is 9.04 Å². The van der Waals surface area contributed by atoms with E-state index in [1.54, 1.807) is 12.7 Å². The number of rotatable bonds is 10. The molecule has 0 aromatic heterocycles. The third-order valence-electron chi connectivity index (χ3n) is 10.3. The number of ether oxygens (including phenoxy) is 1. The minimum atomic E-state index is -1.11. The topological polar surface area (TPSA) is 18.5 Å². The Labute approximate surface area is 231 Å². The molecule has 0 N–H and O–H groups in total. The molecule has 0 bridgehead atoms. The van der Waals surface area contributed by atoms with Crippen LogP contribution in [0.1, 0.15) is 89.2 Å². The fourth-order valence-electron chi connectivity index (χ4n) is 9.15. The van der Waals surface area contributed by atoms with Crippen molar-refractivity contribution < 1.29 is 9.16 Å². The number of fused-ring (bicyclic) bond motifs is 5. The Morgan fingerprint density at radius 3 is 2.58 bits per heavy atom. The molecule has 202 valence electrons. The van der Waals surface area contributed by atoms with Gasteiger partial charge in [-0.15, -0.1) is 6.58 Å². The van der Waals surface area contributed by atoms with Gasteiger partial charge in [0, 0.05) is 11.9 Å². The van der Waals surface area contributed by atoms with Crippen LogP contribution in [0.2, 0.25) is 13.1 Å². The van der Waals surface area contributed by atoms with Crippen molar-refractivity contribution in [1.29, 1.82) is 0 Å². The van der Waals surface area contributed by atoms with Crippen LogP contribution in [0.5, 0.6) is 5.75 Å². The van der Waals surface area contributed by atoms with Gasteiger partial charge in [-0.2, -0.15) is 0 Å². The van der Waals surface area contributed by atoms with Crippen molar-refractivity contribution >= 4 is 25.0 Å². The van der Waals surface area contributed by atoms with E-state index >= 15 is 0 Å². The predicted molar refractivity (Wildman–Crippen MR) is 160 cm³/mol. The van der Waals surface area contributed by atoms with E-state index in [4.69, 9.17) is 9.16 Å². The number of unbranched alkanes of at least 4 members (excludes halogenated alkanes) is 2. The highest BCUT2D eigenvalue weighted by molar-refractivity contribution is 9.09. The SMILES string of the molecule is C=C[C@@]12CCc3cc(OC)ccc3[C@H]1[C@@H](CCCCCBr)C[C@]1(CO[SiH](C)C)[C@@H](C(C)(C)C)CC[C@@H]21. The number of allylic oxidation sites excluding steroid dienone is 1. The van der Waals surface area contributed by atoms with Crippen LogP contribution in [-0.2, 0) is 10.8 Å². The zero-order valence-corrected chi connectivity index (χ0v) is 26.6. The van der Waals surface area contributed by atoms with E-state index in [-0.39, 0.29) is 10.8 Å². The molecule has 3 aliphatic carbocycles. The van der Waals surface area contributed by atoms with Gasteiger partial charge in [0.05, 0.1) is 7.11 Å². The maximum atomic E-state index is 6.75. The molecule has 2 nitrogen and oxygen atoms in total. The molecule has 1 aromatic carbocycles. The first-order valence-corrected chi connectivity index (χ1v) is 18.5. The fraction of sp³-hybridized carbons (Fsp3) is 0.750. The Morgan fingerprint density at radius 2 is 1.94 bits per heavy atom. The summed E-state index contributed by atoms with van der Waals surface area (Å²) in [5.74, 6) is 3.63. The number of hydrogen-bond donors (Lipinski definition) is 0. The normalized spacial score (nSPS) is 33.7. The van der Waals surface area contributed by atoms with Gasteiger partial charge in [0.1, 0.15) is 5.75 Å². The van der Waals surface area contributed by atoms with E-state index in [2.05, 4.69) is 80.6 Å². The lowest BCUT2D eigenvalue weighted by Crippen LogP contribution is -2.57. The average Bonchev–Trinajstić information content (AvgIpc) is 3.25. The first-order chi connectivity index (χ1) is 17.1. The molecule has 6 atom stereocenters. The Hall–Kier alpha value is -0.583. The molecule has 0 saturated heterocycles. The summed E-state index contributed by atoms with van der Waals surface area (Å²) >= 11 is 3.66. The third-order valence-corrected chi connectivity index (χ3v) is 11.7.